The van der Waals surface area contributed by atoms with Gasteiger partial charge in [0.15, 0.2) is 11.3 Å². The Hall–Kier alpha value is -3.30. The predicted octanol–water partition coefficient (Wildman–Crippen LogP) is 0.360. The summed E-state index contributed by atoms with van der Waals surface area (Å²) in [6.45, 7) is 0.925. The van der Waals surface area contributed by atoms with Gasteiger partial charge in [-0.25, -0.2) is 13.9 Å². The maximum atomic E-state index is 13.5. The molecule has 27 heavy (non-hydrogen) atoms. The lowest BCUT2D eigenvalue weighted by Gasteiger charge is -2.22. The minimum absolute atomic E-state index is 0.298. The van der Waals surface area contributed by atoms with E-state index in [-0.39, 0.29) is 5.91 Å². The number of carbonyl (C=O) groups is 1. The molecular weight excluding hydrogens is 351 g/mol. The maximum absolute atomic E-state index is 13.5. The standard InChI is InChI=1S/C17H21FN8O/c1-24(2)12-7-14(22-20-8-12)21-17(27)13-9-19-15-3-4-16(23-26(13)15)25-6-5-11(18)10-25/h3-4,7-9,11,20,22H,5-6,10H2,1-2H3,(H,21,27)/t11-/m0/s1. The summed E-state index contributed by atoms with van der Waals surface area (Å²) in [6.07, 6.45) is 4.71. The number of hydrogen-bond acceptors (Lipinski definition) is 7. The minimum Gasteiger partial charge on any atom is -0.376 e. The molecule has 4 heterocycles. The van der Waals surface area contributed by atoms with E-state index in [1.165, 1.54) is 10.7 Å². The smallest absolute Gasteiger partial charge is 0.277 e. The van der Waals surface area contributed by atoms with Gasteiger partial charge in [-0.3, -0.25) is 10.2 Å². The average molecular weight is 372 g/mol. The Labute approximate surface area is 155 Å². The van der Waals surface area contributed by atoms with Crippen molar-refractivity contribution in [3.05, 3.63) is 47.8 Å². The van der Waals surface area contributed by atoms with Crippen molar-refractivity contribution in [2.24, 2.45) is 0 Å². The van der Waals surface area contributed by atoms with E-state index in [0.29, 0.717) is 42.5 Å². The number of amides is 1. The monoisotopic (exact) mass is 372 g/mol. The summed E-state index contributed by atoms with van der Waals surface area (Å²) in [4.78, 5) is 20.7. The predicted molar refractivity (Wildman–Crippen MR) is 98.3 cm³/mol. The Morgan fingerprint density at radius 3 is 3.00 bits per heavy atom. The number of halogens is 1. The molecule has 1 atom stereocenters. The van der Waals surface area contributed by atoms with E-state index in [0.717, 1.165) is 5.70 Å². The number of carbonyl (C=O) groups excluding carboxylic acids is 1. The highest BCUT2D eigenvalue weighted by Crippen LogP contribution is 2.20. The van der Waals surface area contributed by atoms with Crippen LogP contribution in [-0.4, -0.2) is 58.8 Å². The summed E-state index contributed by atoms with van der Waals surface area (Å²) in [7, 11) is 3.82. The van der Waals surface area contributed by atoms with Gasteiger partial charge in [0.2, 0.25) is 0 Å². The fraction of sp³-hybridized carbons (Fsp3) is 0.353. The molecule has 0 bridgehead atoms. The molecule has 0 radical (unpaired) electrons. The third-order valence-electron chi connectivity index (χ3n) is 4.52. The summed E-state index contributed by atoms with van der Waals surface area (Å²) in [5.41, 5.74) is 7.52. The summed E-state index contributed by atoms with van der Waals surface area (Å²) < 4.78 is 15.0. The van der Waals surface area contributed by atoms with Crippen LogP contribution < -0.4 is 21.1 Å². The molecule has 0 saturated carbocycles. The van der Waals surface area contributed by atoms with E-state index in [4.69, 9.17) is 0 Å². The van der Waals surface area contributed by atoms with Crippen molar-refractivity contribution in [2.75, 3.05) is 32.1 Å². The van der Waals surface area contributed by atoms with Crippen LogP contribution in [0.2, 0.25) is 0 Å². The number of hydrogen-bond donors (Lipinski definition) is 3. The molecule has 1 fully saturated rings. The number of aromatic nitrogens is 3. The molecule has 2 aliphatic heterocycles. The van der Waals surface area contributed by atoms with Crippen molar-refractivity contribution in [1.29, 1.82) is 0 Å². The van der Waals surface area contributed by atoms with Crippen molar-refractivity contribution < 1.29 is 9.18 Å². The molecule has 2 aromatic heterocycles. The first kappa shape index (κ1) is 17.1. The fourth-order valence-electron chi connectivity index (χ4n) is 3.04. The van der Waals surface area contributed by atoms with Crippen LogP contribution in [0, 0.1) is 0 Å². The highest BCUT2D eigenvalue weighted by atomic mass is 19.1. The first-order valence-electron chi connectivity index (χ1n) is 8.67. The van der Waals surface area contributed by atoms with Crippen LogP contribution in [0.15, 0.2) is 42.1 Å². The average Bonchev–Trinajstić information content (AvgIpc) is 3.27. The van der Waals surface area contributed by atoms with Gasteiger partial charge in [0.1, 0.15) is 17.8 Å². The van der Waals surface area contributed by atoms with E-state index in [1.807, 2.05) is 30.0 Å². The van der Waals surface area contributed by atoms with E-state index >= 15 is 0 Å². The molecule has 142 valence electrons. The second-order valence-corrected chi connectivity index (χ2v) is 6.68. The lowest BCUT2D eigenvalue weighted by molar-refractivity contribution is 0.0955. The molecule has 10 heteroatoms. The van der Waals surface area contributed by atoms with Gasteiger partial charge >= 0.3 is 0 Å². The molecule has 1 amide bonds. The van der Waals surface area contributed by atoms with Gasteiger partial charge in [0, 0.05) is 32.9 Å². The highest BCUT2D eigenvalue weighted by Gasteiger charge is 2.24. The van der Waals surface area contributed by atoms with Crippen LogP contribution in [0.4, 0.5) is 10.2 Å². The highest BCUT2D eigenvalue weighted by molar-refractivity contribution is 5.94. The van der Waals surface area contributed by atoms with Crippen LogP contribution >= 0.6 is 0 Å². The normalized spacial score (nSPS) is 19.2. The topological polar surface area (TPSA) is 89.8 Å². The molecule has 0 aliphatic carbocycles. The fourth-order valence-corrected chi connectivity index (χ4v) is 3.04. The molecule has 3 N–H and O–H groups in total. The van der Waals surface area contributed by atoms with E-state index in [1.54, 1.807) is 18.3 Å². The number of hydrazine groups is 1. The second kappa shape index (κ2) is 6.78. The van der Waals surface area contributed by atoms with Crippen LogP contribution in [0.25, 0.3) is 5.65 Å². The first-order valence-corrected chi connectivity index (χ1v) is 8.67. The molecule has 0 unspecified atom stereocenters. The third-order valence-corrected chi connectivity index (χ3v) is 4.52. The van der Waals surface area contributed by atoms with E-state index in [2.05, 4.69) is 26.3 Å². The van der Waals surface area contributed by atoms with Crippen molar-refractivity contribution in [3.63, 3.8) is 0 Å². The van der Waals surface area contributed by atoms with Crippen LogP contribution in [0.3, 0.4) is 0 Å². The van der Waals surface area contributed by atoms with Gasteiger partial charge in [-0.1, -0.05) is 0 Å². The van der Waals surface area contributed by atoms with Crippen LogP contribution in [0.1, 0.15) is 16.9 Å². The second-order valence-electron chi connectivity index (χ2n) is 6.68. The van der Waals surface area contributed by atoms with Gasteiger partial charge < -0.3 is 20.5 Å². The Morgan fingerprint density at radius 1 is 1.41 bits per heavy atom. The Bertz CT molecular complexity index is 934. The molecule has 2 aliphatic rings. The third kappa shape index (κ3) is 3.37. The quantitative estimate of drug-likeness (QED) is 0.714. The molecule has 4 rings (SSSR count). The summed E-state index contributed by atoms with van der Waals surface area (Å²) in [6, 6.07) is 3.57. The first-order chi connectivity index (χ1) is 13.0. The number of fused-ring (bicyclic) bond motifs is 1. The summed E-state index contributed by atoms with van der Waals surface area (Å²) in [5.74, 6) is 0.791. The van der Waals surface area contributed by atoms with Gasteiger partial charge in [-0.05, 0) is 18.6 Å². The van der Waals surface area contributed by atoms with Crippen LogP contribution in [0.5, 0.6) is 0 Å². The van der Waals surface area contributed by atoms with Gasteiger partial charge in [-0.15, -0.1) is 5.10 Å². The lowest BCUT2D eigenvalue weighted by atomic mass is 10.3. The van der Waals surface area contributed by atoms with Crippen molar-refractivity contribution in [2.45, 2.75) is 12.6 Å². The number of anilines is 1. The number of rotatable bonds is 4. The van der Waals surface area contributed by atoms with Crippen molar-refractivity contribution >= 4 is 17.4 Å². The number of alkyl halides is 1. The number of nitrogens with zero attached hydrogens (tertiary/aromatic N) is 5. The molecule has 1 saturated heterocycles. The minimum atomic E-state index is -0.844. The van der Waals surface area contributed by atoms with E-state index in [9.17, 15) is 9.18 Å². The SMILES string of the molecule is CN(C)C1=CNNC(NC(=O)c2cnc3ccc(N4CC[C@H](F)C4)nn23)=C1. The molecular formula is C17H21FN8O. The van der Waals surface area contributed by atoms with Gasteiger partial charge in [0.25, 0.3) is 5.91 Å². The number of likely N-dealkylation sites (N-methyl/N-ethyl adjacent to an activating group) is 1. The Balaban J connectivity index is 1.58. The molecule has 9 nitrogen and oxygen atoms in total. The summed E-state index contributed by atoms with van der Waals surface area (Å²) in [5, 5.41) is 7.29. The van der Waals surface area contributed by atoms with Crippen LogP contribution in [-0.2, 0) is 0 Å². The van der Waals surface area contributed by atoms with Gasteiger partial charge in [0.05, 0.1) is 18.4 Å². The largest absolute Gasteiger partial charge is 0.376 e. The molecule has 0 aromatic carbocycles. The number of allylic oxidation sites excluding steroid dienone is 1. The van der Waals surface area contributed by atoms with Gasteiger partial charge in [-0.2, -0.15) is 0 Å². The molecule has 2 aromatic rings. The summed E-state index contributed by atoms with van der Waals surface area (Å²) >= 11 is 0. The Kier molecular flexibility index (Phi) is 4.30. The lowest BCUT2D eigenvalue weighted by Crippen LogP contribution is -2.40. The zero-order valence-corrected chi connectivity index (χ0v) is 15.1. The zero-order valence-electron chi connectivity index (χ0n) is 15.1. The molecule has 0 spiro atoms. The zero-order chi connectivity index (χ0) is 19.0. The van der Waals surface area contributed by atoms with E-state index < -0.39 is 6.17 Å². The number of nitrogens with one attached hydrogen (secondary N) is 3. The van der Waals surface area contributed by atoms with Crippen molar-refractivity contribution in [1.82, 2.24) is 35.7 Å². The maximum Gasteiger partial charge on any atom is 0.277 e. The van der Waals surface area contributed by atoms with Crippen molar-refractivity contribution in [3.8, 4) is 0 Å². The Morgan fingerprint density at radius 2 is 2.26 bits per heavy atom. The number of imidazole rings is 1.